The van der Waals surface area contributed by atoms with Crippen LogP contribution in [0.1, 0.15) is 12.0 Å². The molecule has 0 N–H and O–H groups in total. The highest BCUT2D eigenvalue weighted by atomic mass is 16.7. The quantitative estimate of drug-likeness (QED) is 0.690. The Balaban J connectivity index is 1.64. The van der Waals surface area contributed by atoms with Gasteiger partial charge in [0.15, 0.2) is 0 Å². The summed E-state index contributed by atoms with van der Waals surface area (Å²) in [5.74, 6) is 0.862. The van der Waals surface area contributed by atoms with E-state index in [9.17, 15) is 4.79 Å². The van der Waals surface area contributed by atoms with Crippen LogP contribution in [0.25, 0.3) is 11.1 Å². The van der Waals surface area contributed by atoms with Gasteiger partial charge in [0.05, 0.1) is 6.20 Å². The van der Waals surface area contributed by atoms with Crippen LogP contribution in [-0.4, -0.2) is 27.9 Å². The third-order valence-electron chi connectivity index (χ3n) is 4.17. The van der Waals surface area contributed by atoms with Crippen LogP contribution in [0.5, 0.6) is 5.75 Å². The second-order valence-electron chi connectivity index (χ2n) is 6.12. The van der Waals surface area contributed by atoms with Crippen LogP contribution in [0.2, 0.25) is 0 Å². The zero-order valence-corrected chi connectivity index (χ0v) is 15.4. The molecule has 0 saturated carbocycles. The van der Waals surface area contributed by atoms with Crippen LogP contribution >= 0.6 is 0 Å². The highest BCUT2D eigenvalue weighted by molar-refractivity contribution is 5.87. The highest BCUT2D eigenvalue weighted by Gasteiger charge is 2.25. The van der Waals surface area contributed by atoms with Crippen LogP contribution in [-0.2, 0) is 16.5 Å². The van der Waals surface area contributed by atoms with Gasteiger partial charge in [-0.1, -0.05) is 18.2 Å². The number of hydrogen-bond acceptors (Lipinski definition) is 6. The number of benzene rings is 1. The molecule has 0 radical (unpaired) electrons. The third kappa shape index (κ3) is 3.52. The molecule has 3 heterocycles. The van der Waals surface area contributed by atoms with E-state index in [1.807, 2.05) is 25.4 Å². The van der Waals surface area contributed by atoms with Crippen molar-refractivity contribution >= 4 is 11.9 Å². The van der Waals surface area contributed by atoms with E-state index in [-0.39, 0.29) is 0 Å². The molecule has 0 aliphatic carbocycles. The molecule has 3 aromatic rings. The van der Waals surface area contributed by atoms with Crippen LogP contribution < -0.4 is 9.64 Å². The summed E-state index contributed by atoms with van der Waals surface area (Å²) in [5.41, 5.74) is 2.20. The van der Waals surface area contributed by atoms with Gasteiger partial charge in [-0.05, 0) is 24.3 Å². The lowest BCUT2D eigenvalue weighted by atomic mass is 10.1. The summed E-state index contributed by atoms with van der Waals surface area (Å²) in [6, 6.07) is 12.4. The Morgan fingerprint density at radius 2 is 1.89 bits per heavy atom. The lowest BCUT2D eigenvalue weighted by Gasteiger charge is -2.19. The molecular weight excluding hydrogens is 360 g/mol. The van der Waals surface area contributed by atoms with Gasteiger partial charge >= 0.3 is 6.09 Å². The largest absolute Gasteiger partial charge is 0.454 e. The summed E-state index contributed by atoms with van der Waals surface area (Å²) < 4.78 is 18.0. The molecule has 0 spiro atoms. The maximum atomic E-state index is 12.5. The Morgan fingerprint density at radius 3 is 2.57 bits per heavy atom. The molecule has 0 saturated heterocycles. The fourth-order valence-electron chi connectivity index (χ4n) is 2.75. The van der Waals surface area contributed by atoms with Crippen molar-refractivity contribution in [3.63, 3.8) is 0 Å². The van der Waals surface area contributed by atoms with E-state index in [0.29, 0.717) is 17.3 Å². The van der Waals surface area contributed by atoms with Crippen molar-refractivity contribution in [2.75, 3.05) is 11.9 Å². The van der Waals surface area contributed by atoms with Gasteiger partial charge in [-0.3, -0.25) is 9.58 Å². The van der Waals surface area contributed by atoms with Crippen molar-refractivity contribution in [1.29, 1.82) is 0 Å². The molecule has 28 heavy (non-hydrogen) atoms. The van der Waals surface area contributed by atoms with E-state index in [1.165, 1.54) is 17.4 Å². The van der Waals surface area contributed by atoms with Gasteiger partial charge in [0, 0.05) is 31.4 Å². The number of amides is 1. The van der Waals surface area contributed by atoms with E-state index in [2.05, 4.69) is 10.1 Å². The molecule has 0 atom stereocenters. The first-order chi connectivity index (χ1) is 13.6. The summed E-state index contributed by atoms with van der Waals surface area (Å²) >= 11 is 0. The SMILES string of the molecule is CN(C(=O)Oc1ccccc1)c1ccc(-c2cnn(C)c2)c(C2OC=CO2)n1. The van der Waals surface area contributed by atoms with Crippen molar-refractivity contribution in [3.8, 4) is 16.9 Å². The normalized spacial score (nSPS) is 13.1. The molecule has 1 aromatic carbocycles. The first-order valence-corrected chi connectivity index (χ1v) is 8.58. The molecule has 0 bridgehead atoms. The van der Waals surface area contributed by atoms with Crippen LogP contribution in [0.15, 0.2) is 67.4 Å². The number of para-hydroxylation sites is 1. The van der Waals surface area contributed by atoms with Crippen molar-refractivity contribution < 1.29 is 19.0 Å². The fraction of sp³-hybridized carbons (Fsp3) is 0.150. The summed E-state index contributed by atoms with van der Waals surface area (Å²) in [6.07, 6.45) is 5.27. The monoisotopic (exact) mass is 378 g/mol. The number of aryl methyl sites for hydroxylation is 1. The number of ether oxygens (including phenoxy) is 3. The number of nitrogens with zero attached hydrogens (tertiary/aromatic N) is 4. The second kappa shape index (κ2) is 7.43. The second-order valence-corrected chi connectivity index (χ2v) is 6.12. The fourth-order valence-corrected chi connectivity index (χ4v) is 2.75. The number of hydrogen-bond donors (Lipinski definition) is 0. The summed E-state index contributed by atoms with van der Waals surface area (Å²) in [4.78, 5) is 18.4. The van der Waals surface area contributed by atoms with Crippen molar-refractivity contribution in [3.05, 3.63) is 73.1 Å². The Morgan fingerprint density at radius 1 is 1.14 bits per heavy atom. The highest BCUT2D eigenvalue weighted by Crippen LogP contribution is 2.33. The molecular formula is C20H18N4O4. The molecule has 2 aromatic heterocycles. The Hall–Kier alpha value is -3.81. The Bertz CT molecular complexity index is 1010. The Kier molecular flexibility index (Phi) is 4.67. The average molecular weight is 378 g/mol. The molecule has 0 unspecified atom stereocenters. The number of carbonyl (C=O) groups is 1. The summed E-state index contributed by atoms with van der Waals surface area (Å²) in [5, 5.41) is 4.20. The van der Waals surface area contributed by atoms with Crippen LogP contribution in [0.4, 0.5) is 10.6 Å². The van der Waals surface area contributed by atoms with Gasteiger partial charge in [0.25, 0.3) is 6.29 Å². The minimum Gasteiger partial charge on any atom is -0.454 e. The van der Waals surface area contributed by atoms with E-state index >= 15 is 0 Å². The van der Waals surface area contributed by atoms with Gasteiger partial charge in [-0.15, -0.1) is 0 Å². The molecule has 1 amide bonds. The number of rotatable bonds is 4. The molecule has 1 aliphatic rings. The standard InChI is InChI=1S/C20H18N4O4/c1-23-13-14(12-21-23)16-8-9-17(22-18(16)19-26-10-11-27-19)24(2)20(25)28-15-6-4-3-5-7-15/h3-13,19H,1-2H3. The Labute approximate surface area is 161 Å². The molecule has 8 nitrogen and oxygen atoms in total. The summed E-state index contributed by atoms with van der Waals surface area (Å²) in [7, 11) is 3.43. The zero-order valence-electron chi connectivity index (χ0n) is 15.4. The van der Waals surface area contributed by atoms with Crippen LogP contribution in [0, 0.1) is 0 Å². The molecule has 4 rings (SSSR count). The molecule has 142 valence electrons. The van der Waals surface area contributed by atoms with Crippen molar-refractivity contribution in [1.82, 2.24) is 14.8 Å². The van der Waals surface area contributed by atoms with Gasteiger partial charge in [0.1, 0.15) is 29.8 Å². The van der Waals surface area contributed by atoms with E-state index in [1.54, 1.807) is 48.3 Å². The van der Waals surface area contributed by atoms with Crippen LogP contribution in [0.3, 0.4) is 0 Å². The average Bonchev–Trinajstić information content (AvgIpc) is 3.39. The first-order valence-electron chi connectivity index (χ1n) is 8.58. The van der Waals surface area contributed by atoms with Crippen molar-refractivity contribution in [2.45, 2.75) is 6.29 Å². The van der Waals surface area contributed by atoms with Crippen molar-refractivity contribution in [2.24, 2.45) is 7.05 Å². The topological polar surface area (TPSA) is 78.7 Å². The first kappa shape index (κ1) is 17.6. The minimum absolute atomic E-state index is 0.405. The lowest BCUT2D eigenvalue weighted by Crippen LogP contribution is -2.30. The molecule has 8 heteroatoms. The number of pyridine rings is 1. The lowest BCUT2D eigenvalue weighted by molar-refractivity contribution is -0.0273. The van der Waals surface area contributed by atoms with E-state index in [4.69, 9.17) is 14.2 Å². The number of aromatic nitrogens is 3. The number of carbonyl (C=O) groups excluding carboxylic acids is 1. The smallest absolute Gasteiger partial charge is 0.420 e. The predicted octanol–water partition coefficient (Wildman–Crippen LogP) is 3.63. The molecule has 1 aliphatic heterocycles. The minimum atomic E-state index is -0.700. The van der Waals surface area contributed by atoms with E-state index in [0.717, 1.165) is 11.1 Å². The number of anilines is 1. The molecule has 0 fully saturated rings. The summed E-state index contributed by atoms with van der Waals surface area (Å²) in [6.45, 7) is 0. The van der Waals surface area contributed by atoms with Gasteiger partial charge in [-0.2, -0.15) is 5.10 Å². The maximum absolute atomic E-state index is 12.5. The zero-order chi connectivity index (χ0) is 19.5. The van der Waals surface area contributed by atoms with E-state index < -0.39 is 12.4 Å². The predicted molar refractivity (Wildman–Crippen MR) is 101 cm³/mol. The van der Waals surface area contributed by atoms with Gasteiger partial charge < -0.3 is 14.2 Å². The maximum Gasteiger partial charge on any atom is 0.420 e. The van der Waals surface area contributed by atoms with Gasteiger partial charge in [0.2, 0.25) is 0 Å². The van der Waals surface area contributed by atoms with Gasteiger partial charge in [-0.25, -0.2) is 9.78 Å². The third-order valence-corrected chi connectivity index (χ3v) is 4.17.